The average Bonchev–Trinajstić information content (AvgIpc) is 2.67. The van der Waals surface area contributed by atoms with Crippen LogP contribution in [0.5, 0.6) is 0 Å². The van der Waals surface area contributed by atoms with E-state index in [9.17, 15) is 0 Å². The maximum Gasteiger partial charge on any atom is 0.189 e. The zero-order valence-electron chi connectivity index (χ0n) is 9.53. The van der Waals surface area contributed by atoms with Gasteiger partial charge in [0, 0.05) is 5.41 Å². The highest BCUT2D eigenvalue weighted by molar-refractivity contribution is 5.83. The van der Waals surface area contributed by atoms with Crippen LogP contribution in [0.1, 0.15) is 32.4 Å². The highest BCUT2D eigenvalue weighted by atomic mass is 16.5. The van der Waals surface area contributed by atoms with Crippen LogP contribution in [0.25, 0.3) is 0 Å². The van der Waals surface area contributed by atoms with E-state index in [1.807, 2.05) is 18.2 Å². The number of rotatable bonds is 1. The van der Waals surface area contributed by atoms with E-state index in [2.05, 4.69) is 37.9 Å². The highest BCUT2D eigenvalue weighted by Crippen LogP contribution is 2.29. The molecule has 0 N–H and O–H groups in total. The van der Waals surface area contributed by atoms with Crippen LogP contribution in [-0.4, -0.2) is 12.4 Å². The summed E-state index contributed by atoms with van der Waals surface area (Å²) in [6.45, 7) is 7.12. The Bertz CT molecular complexity index is 362. The Hall–Kier alpha value is -1.31. The Morgan fingerprint density at radius 1 is 1.20 bits per heavy atom. The van der Waals surface area contributed by atoms with Crippen molar-refractivity contribution in [3.8, 4) is 0 Å². The van der Waals surface area contributed by atoms with E-state index in [4.69, 9.17) is 4.74 Å². The zero-order valence-corrected chi connectivity index (χ0v) is 9.53. The summed E-state index contributed by atoms with van der Waals surface area (Å²) in [5.41, 5.74) is 1.23. The topological polar surface area (TPSA) is 21.6 Å². The number of aliphatic imine (C=N–C) groups is 1. The van der Waals surface area contributed by atoms with Crippen molar-refractivity contribution in [3.05, 3.63) is 35.9 Å². The van der Waals surface area contributed by atoms with Gasteiger partial charge >= 0.3 is 0 Å². The molecule has 80 valence electrons. The molecule has 2 nitrogen and oxygen atoms in total. The van der Waals surface area contributed by atoms with Crippen LogP contribution in [0.3, 0.4) is 0 Å². The predicted octanol–water partition coefficient (Wildman–Crippen LogP) is 3.20. The lowest BCUT2D eigenvalue weighted by molar-refractivity contribution is 0.204. The van der Waals surface area contributed by atoms with Gasteiger partial charge in [-0.05, 0) is 5.56 Å². The van der Waals surface area contributed by atoms with Crippen molar-refractivity contribution in [2.24, 2.45) is 10.4 Å². The maximum absolute atomic E-state index is 5.86. The van der Waals surface area contributed by atoms with Gasteiger partial charge < -0.3 is 4.74 Å². The number of nitrogens with zero attached hydrogens (tertiary/aromatic N) is 1. The monoisotopic (exact) mass is 203 g/mol. The predicted molar refractivity (Wildman–Crippen MR) is 62.0 cm³/mol. The van der Waals surface area contributed by atoms with Crippen molar-refractivity contribution in [1.82, 2.24) is 0 Å². The standard InChI is InChI=1S/C13H17NO/c1-13(2,3)12-14-9-11(15-12)10-7-5-4-6-8-10/h4-8,11H,9H2,1-3H3. The lowest BCUT2D eigenvalue weighted by Gasteiger charge is -2.20. The quantitative estimate of drug-likeness (QED) is 0.686. The summed E-state index contributed by atoms with van der Waals surface area (Å²) in [5.74, 6) is 0.872. The van der Waals surface area contributed by atoms with E-state index in [1.165, 1.54) is 5.56 Å². The van der Waals surface area contributed by atoms with Gasteiger partial charge in [0.25, 0.3) is 0 Å². The Morgan fingerprint density at radius 2 is 1.87 bits per heavy atom. The molecule has 0 saturated carbocycles. The number of ether oxygens (including phenoxy) is 1. The van der Waals surface area contributed by atoms with E-state index in [0.717, 1.165) is 12.4 Å². The molecule has 0 saturated heterocycles. The molecular weight excluding hydrogens is 186 g/mol. The summed E-state index contributed by atoms with van der Waals surface area (Å²) < 4.78 is 5.86. The molecule has 0 aliphatic carbocycles. The molecule has 1 aliphatic heterocycles. The molecule has 1 unspecified atom stereocenters. The second-order valence-corrected chi connectivity index (χ2v) is 4.91. The van der Waals surface area contributed by atoms with Crippen LogP contribution in [0, 0.1) is 5.41 Å². The number of benzene rings is 1. The van der Waals surface area contributed by atoms with Crippen LogP contribution in [0.2, 0.25) is 0 Å². The van der Waals surface area contributed by atoms with E-state index in [1.54, 1.807) is 0 Å². The second-order valence-electron chi connectivity index (χ2n) is 4.91. The summed E-state index contributed by atoms with van der Waals surface area (Å²) in [5, 5.41) is 0. The molecule has 0 amide bonds. The molecule has 0 spiro atoms. The fourth-order valence-electron chi connectivity index (χ4n) is 1.63. The van der Waals surface area contributed by atoms with E-state index >= 15 is 0 Å². The molecule has 1 heterocycles. The highest BCUT2D eigenvalue weighted by Gasteiger charge is 2.29. The van der Waals surface area contributed by atoms with Crippen LogP contribution >= 0.6 is 0 Å². The number of hydrogen-bond acceptors (Lipinski definition) is 2. The molecule has 0 aromatic heterocycles. The van der Waals surface area contributed by atoms with Gasteiger partial charge in [-0.15, -0.1) is 0 Å². The Balaban J connectivity index is 2.09. The Kier molecular flexibility index (Phi) is 2.51. The first kappa shape index (κ1) is 10.2. The fourth-order valence-corrected chi connectivity index (χ4v) is 1.63. The molecule has 1 aromatic carbocycles. The van der Waals surface area contributed by atoms with Gasteiger partial charge in [0.1, 0.15) is 6.10 Å². The second kappa shape index (κ2) is 3.69. The van der Waals surface area contributed by atoms with Crippen molar-refractivity contribution in [2.45, 2.75) is 26.9 Å². The zero-order chi connectivity index (χ0) is 10.9. The Labute approximate surface area is 91.0 Å². The van der Waals surface area contributed by atoms with Crippen LogP contribution in [0.15, 0.2) is 35.3 Å². The lowest BCUT2D eigenvalue weighted by Crippen LogP contribution is -2.21. The molecule has 0 fully saturated rings. The SMILES string of the molecule is CC(C)(C)C1=NCC(c2ccccc2)O1. The summed E-state index contributed by atoms with van der Waals surface area (Å²) in [4.78, 5) is 4.46. The first-order chi connectivity index (χ1) is 7.07. The molecular formula is C13H17NO. The summed E-state index contributed by atoms with van der Waals surface area (Å²) in [6.07, 6.45) is 0.112. The molecule has 15 heavy (non-hydrogen) atoms. The van der Waals surface area contributed by atoms with Crippen LogP contribution < -0.4 is 0 Å². The van der Waals surface area contributed by atoms with E-state index in [0.29, 0.717) is 0 Å². The average molecular weight is 203 g/mol. The van der Waals surface area contributed by atoms with Crippen LogP contribution in [-0.2, 0) is 4.74 Å². The van der Waals surface area contributed by atoms with Gasteiger partial charge in [-0.1, -0.05) is 51.1 Å². The third-order valence-corrected chi connectivity index (χ3v) is 2.47. The fraction of sp³-hybridized carbons (Fsp3) is 0.462. The number of hydrogen-bond donors (Lipinski definition) is 0. The third-order valence-electron chi connectivity index (χ3n) is 2.47. The van der Waals surface area contributed by atoms with E-state index in [-0.39, 0.29) is 11.5 Å². The molecule has 1 atom stereocenters. The van der Waals surface area contributed by atoms with Crippen molar-refractivity contribution in [2.75, 3.05) is 6.54 Å². The van der Waals surface area contributed by atoms with Crippen molar-refractivity contribution >= 4 is 5.90 Å². The van der Waals surface area contributed by atoms with Crippen molar-refractivity contribution in [3.63, 3.8) is 0 Å². The molecule has 2 rings (SSSR count). The third kappa shape index (κ3) is 2.20. The molecule has 0 radical (unpaired) electrons. The summed E-state index contributed by atoms with van der Waals surface area (Å²) in [7, 11) is 0. The molecule has 0 bridgehead atoms. The normalized spacial score (nSPS) is 21.0. The van der Waals surface area contributed by atoms with Gasteiger partial charge in [-0.25, -0.2) is 0 Å². The Morgan fingerprint density at radius 3 is 2.40 bits per heavy atom. The first-order valence-electron chi connectivity index (χ1n) is 5.34. The lowest BCUT2D eigenvalue weighted by atomic mass is 9.97. The molecule has 1 aliphatic rings. The molecule has 2 heteroatoms. The first-order valence-corrected chi connectivity index (χ1v) is 5.34. The van der Waals surface area contributed by atoms with Crippen molar-refractivity contribution < 1.29 is 4.74 Å². The smallest absolute Gasteiger partial charge is 0.189 e. The van der Waals surface area contributed by atoms with E-state index < -0.39 is 0 Å². The van der Waals surface area contributed by atoms with Crippen molar-refractivity contribution in [1.29, 1.82) is 0 Å². The van der Waals surface area contributed by atoms with Gasteiger partial charge in [-0.3, -0.25) is 4.99 Å². The largest absolute Gasteiger partial charge is 0.470 e. The molecule has 1 aromatic rings. The van der Waals surface area contributed by atoms with Gasteiger partial charge in [0.2, 0.25) is 0 Å². The minimum Gasteiger partial charge on any atom is -0.470 e. The van der Waals surface area contributed by atoms with Gasteiger partial charge in [0.15, 0.2) is 5.90 Å². The summed E-state index contributed by atoms with van der Waals surface area (Å²) >= 11 is 0. The minimum atomic E-state index is 0.0174. The van der Waals surface area contributed by atoms with Crippen LogP contribution in [0.4, 0.5) is 0 Å². The maximum atomic E-state index is 5.86. The van der Waals surface area contributed by atoms with Gasteiger partial charge in [0.05, 0.1) is 6.54 Å². The minimum absolute atomic E-state index is 0.0174. The van der Waals surface area contributed by atoms with Gasteiger partial charge in [-0.2, -0.15) is 0 Å². The summed E-state index contributed by atoms with van der Waals surface area (Å²) in [6, 6.07) is 10.3.